The van der Waals surface area contributed by atoms with Crippen LogP contribution in [0.25, 0.3) is 0 Å². The summed E-state index contributed by atoms with van der Waals surface area (Å²) >= 11 is 0. The van der Waals surface area contributed by atoms with Crippen molar-refractivity contribution in [2.24, 2.45) is 0 Å². The predicted octanol–water partition coefficient (Wildman–Crippen LogP) is 3.25. The number of esters is 2. The fraction of sp³-hybridized carbons (Fsp3) is 0.222. The van der Waals surface area contributed by atoms with Gasteiger partial charge < -0.3 is 14.2 Å². The van der Waals surface area contributed by atoms with Crippen LogP contribution in [0, 0.1) is 0 Å². The molecule has 0 atom stereocenters. The van der Waals surface area contributed by atoms with Gasteiger partial charge >= 0.3 is 11.9 Å². The maximum Gasteiger partial charge on any atom is 0.308 e. The van der Waals surface area contributed by atoms with Crippen LogP contribution in [0.1, 0.15) is 25.0 Å². The smallest absolute Gasteiger partial charge is 0.308 e. The normalized spacial score (nSPS) is 10.2. The minimum Gasteiger partial charge on any atom is -0.427 e. The maximum absolute atomic E-state index is 10.9. The van der Waals surface area contributed by atoms with Gasteiger partial charge in [-0.2, -0.15) is 0 Å². The van der Waals surface area contributed by atoms with Crippen molar-refractivity contribution in [2.75, 3.05) is 0 Å². The number of hydrogen-bond donors (Lipinski definition) is 0. The standard InChI is InChI=1S/C18H18O5/c1-13(19)22-17-7-3-5-15(9-17)11-21-12-16-6-4-8-18(10-16)23-14(2)20/h3-10H,11-12H2,1-2H3. The fourth-order valence-corrected chi connectivity index (χ4v) is 2.02. The van der Waals surface area contributed by atoms with Crippen LogP contribution in [-0.2, 0) is 27.5 Å². The Morgan fingerprint density at radius 3 is 1.61 bits per heavy atom. The molecule has 0 fully saturated rings. The van der Waals surface area contributed by atoms with Crippen LogP contribution in [0.15, 0.2) is 48.5 Å². The van der Waals surface area contributed by atoms with Crippen molar-refractivity contribution < 1.29 is 23.8 Å². The van der Waals surface area contributed by atoms with Gasteiger partial charge in [-0.3, -0.25) is 9.59 Å². The Balaban J connectivity index is 1.89. The van der Waals surface area contributed by atoms with Crippen molar-refractivity contribution in [2.45, 2.75) is 27.1 Å². The molecule has 2 aromatic carbocycles. The van der Waals surface area contributed by atoms with Gasteiger partial charge in [-0.1, -0.05) is 24.3 Å². The van der Waals surface area contributed by atoms with E-state index in [0.717, 1.165) is 11.1 Å². The van der Waals surface area contributed by atoms with Gasteiger partial charge in [-0.25, -0.2) is 0 Å². The first-order valence-electron chi connectivity index (χ1n) is 7.15. The average molecular weight is 314 g/mol. The molecule has 0 bridgehead atoms. The largest absolute Gasteiger partial charge is 0.427 e. The monoisotopic (exact) mass is 314 g/mol. The van der Waals surface area contributed by atoms with Crippen molar-refractivity contribution in [1.82, 2.24) is 0 Å². The Kier molecular flexibility index (Phi) is 5.88. The zero-order valence-corrected chi connectivity index (χ0v) is 13.1. The lowest BCUT2D eigenvalue weighted by Gasteiger charge is -2.08. The first-order chi connectivity index (χ1) is 11.0. The highest BCUT2D eigenvalue weighted by Gasteiger charge is 2.02. The zero-order valence-electron chi connectivity index (χ0n) is 13.1. The van der Waals surface area contributed by atoms with Crippen molar-refractivity contribution >= 4 is 11.9 Å². The number of benzene rings is 2. The predicted molar refractivity (Wildman–Crippen MR) is 84.0 cm³/mol. The molecule has 0 radical (unpaired) electrons. The molecule has 0 saturated carbocycles. The van der Waals surface area contributed by atoms with E-state index in [4.69, 9.17) is 14.2 Å². The van der Waals surface area contributed by atoms with Crippen LogP contribution >= 0.6 is 0 Å². The molecule has 0 aliphatic rings. The fourth-order valence-electron chi connectivity index (χ4n) is 2.02. The van der Waals surface area contributed by atoms with Crippen molar-refractivity contribution in [3.63, 3.8) is 0 Å². The van der Waals surface area contributed by atoms with Gasteiger partial charge in [0.05, 0.1) is 13.2 Å². The zero-order chi connectivity index (χ0) is 16.7. The highest BCUT2D eigenvalue weighted by Crippen LogP contribution is 2.17. The molecular formula is C18H18O5. The van der Waals surface area contributed by atoms with E-state index >= 15 is 0 Å². The third kappa shape index (κ3) is 5.92. The summed E-state index contributed by atoms with van der Waals surface area (Å²) in [5.41, 5.74) is 1.81. The van der Waals surface area contributed by atoms with Crippen LogP contribution in [0.2, 0.25) is 0 Å². The summed E-state index contributed by atoms with van der Waals surface area (Å²) in [5, 5.41) is 0. The molecule has 120 valence electrons. The molecule has 0 heterocycles. The molecule has 0 aliphatic heterocycles. The molecule has 5 heteroatoms. The molecule has 0 saturated heterocycles. The van der Waals surface area contributed by atoms with Gasteiger partial charge in [0, 0.05) is 13.8 Å². The highest BCUT2D eigenvalue weighted by molar-refractivity contribution is 5.69. The van der Waals surface area contributed by atoms with Gasteiger partial charge in [-0.05, 0) is 35.4 Å². The lowest BCUT2D eigenvalue weighted by Crippen LogP contribution is -2.02. The van der Waals surface area contributed by atoms with E-state index in [2.05, 4.69) is 0 Å². The van der Waals surface area contributed by atoms with E-state index in [1.165, 1.54) is 13.8 Å². The Bertz CT molecular complexity index is 634. The lowest BCUT2D eigenvalue weighted by atomic mass is 10.2. The molecule has 0 aromatic heterocycles. The van der Waals surface area contributed by atoms with Gasteiger partial charge in [0.25, 0.3) is 0 Å². The van der Waals surface area contributed by atoms with Crippen molar-refractivity contribution in [3.05, 3.63) is 59.7 Å². The highest BCUT2D eigenvalue weighted by atomic mass is 16.5. The van der Waals surface area contributed by atoms with E-state index in [1.807, 2.05) is 12.1 Å². The van der Waals surface area contributed by atoms with Crippen LogP contribution in [0.5, 0.6) is 11.5 Å². The number of carbonyl (C=O) groups excluding carboxylic acids is 2. The summed E-state index contributed by atoms with van der Waals surface area (Å²) in [6.45, 7) is 3.48. The number of carbonyl (C=O) groups is 2. The minimum absolute atomic E-state index is 0.356. The molecule has 2 rings (SSSR count). The summed E-state index contributed by atoms with van der Waals surface area (Å²) in [5.74, 6) is 0.279. The second kappa shape index (κ2) is 8.10. The molecule has 0 amide bonds. The second-order valence-electron chi connectivity index (χ2n) is 4.97. The summed E-state index contributed by atoms with van der Waals surface area (Å²) in [7, 11) is 0. The third-order valence-corrected chi connectivity index (χ3v) is 2.86. The Morgan fingerprint density at radius 1 is 0.783 bits per heavy atom. The SMILES string of the molecule is CC(=O)Oc1cccc(COCc2cccc(OC(C)=O)c2)c1. The summed E-state index contributed by atoms with van der Waals surface area (Å²) < 4.78 is 15.7. The van der Waals surface area contributed by atoms with Crippen LogP contribution in [0.4, 0.5) is 0 Å². The topological polar surface area (TPSA) is 61.8 Å². The Morgan fingerprint density at radius 2 is 1.22 bits per heavy atom. The quantitative estimate of drug-likeness (QED) is 0.605. The first kappa shape index (κ1) is 16.7. The molecule has 0 aliphatic carbocycles. The Labute approximate surface area is 134 Å². The molecule has 0 spiro atoms. The molecule has 5 nitrogen and oxygen atoms in total. The van der Waals surface area contributed by atoms with Crippen molar-refractivity contribution in [1.29, 1.82) is 0 Å². The van der Waals surface area contributed by atoms with E-state index in [1.54, 1.807) is 36.4 Å². The van der Waals surface area contributed by atoms with Gasteiger partial charge in [0.15, 0.2) is 0 Å². The van der Waals surface area contributed by atoms with Crippen LogP contribution in [-0.4, -0.2) is 11.9 Å². The van der Waals surface area contributed by atoms with Gasteiger partial charge in [0.1, 0.15) is 11.5 Å². The molecular weight excluding hydrogens is 296 g/mol. The second-order valence-corrected chi connectivity index (χ2v) is 4.97. The summed E-state index contributed by atoms with van der Waals surface area (Å²) in [6, 6.07) is 14.3. The Hall–Kier alpha value is -2.66. The molecule has 2 aromatic rings. The van der Waals surface area contributed by atoms with Crippen LogP contribution < -0.4 is 9.47 Å². The molecule has 0 unspecified atom stereocenters. The lowest BCUT2D eigenvalue weighted by molar-refractivity contribution is -0.132. The van der Waals surface area contributed by atoms with E-state index in [-0.39, 0.29) is 11.9 Å². The summed E-state index contributed by atoms with van der Waals surface area (Å²) in [6.07, 6.45) is 0. The van der Waals surface area contributed by atoms with Crippen LogP contribution in [0.3, 0.4) is 0 Å². The van der Waals surface area contributed by atoms with E-state index in [9.17, 15) is 9.59 Å². The van der Waals surface area contributed by atoms with Gasteiger partial charge in [-0.15, -0.1) is 0 Å². The molecule has 23 heavy (non-hydrogen) atoms. The third-order valence-electron chi connectivity index (χ3n) is 2.86. The number of hydrogen-bond acceptors (Lipinski definition) is 5. The maximum atomic E-state index is 10.9. The summed E-state index contributed by atoms with van der Waals surface area (Å²) in [4.78, 5) is 21.9. The van der Waals surface area contributed by atoms with E-state index in [0.29, 0.717) is 24.7 Å². The first-order valence-corrected chi connectivity index (χ1v) is 7.15. The van der Waals surface area contributed by atoms with Gasteiger partial charge in [0.2, 0.25) is 0 Å². The van der Waals surface area contributed by atoms with E-state index < -0.39 is 0 Å². The minimum atomic E-state index is -0.356. The number of ether oxygens (including phenoxy) is 3. The molecule has 0 N–H and O–H groups in total. The van der Waals surface area contributed by atoms with Crippen molar-refractivity contribution in [3.8, 4) is 11.5 Å². The average Bonchev–Trinajstić information content (AvgIpc) is 2.46. The number of rotatable bonds is 6.